The first-order chi connectivity index (χ1) is 9.86. The summed E-state index contributed by atoms with van der Waals surface area (Å²) in [6.45, 7) is 0.243. The Morgan fingerprint density at radius 3 is 2.38 bits per heavy atom. The van der Waals surface area contributed by atoms with E-state index in [1.165, 1.54) is 0 Å². The highest BCUT2D eigenvalue weighted by Crippen LogP contribution is 2.42. The van der Waals surface area contributed by atoms with Gasteiger partial charge in [-0.3, -0.25) is 0 Å². The quantitative estimate of drug-likeness (QED) is 0.700. The van der Waals surface area contributed by atoms with Gasteiger partial charge in [0.25, 0.3) is 0 Å². The van der Waals surface area contributed by atoms with Crippen molar-refractivity contribution < 1.29 is 26.7 Å². The molecule has 110 valence electrons. The Balaban J connectivity index is 2.24. The summed E-state index contributed by atoms with van der Waals surface area (Å²) in [4.78, 5) is 0. The van der Waals surface area contributed by atoms with Gasteiger partial charge in [-0.05, 0) is 29.8 Å². The highest BCUT2D eigenvalue weighted by atomic mass is 19.4. The number of alkyl halides is 3. The van der Waals surface area contributed by atoms with E-state index in [2.05, 4.69) is 0 Å². The Kier molecular flexibility index (Phi) is 3.11. The second-order valence-corrected chi connectivity index (χ2v) is 4.73. The number of fused-ring (bicyclic) bond motifs is 1. The van der Waals surface area contributed by atoms with Crippen molar-refractivity contribution in [1.82, 2.24) is 0 Å². The summed E-state index contributed by atoms with van der Waals surface area (Å²) >= 11 is 0. The molecule has 0 fully saturated rings. The summed E-state index contributed by atoms with van der Waals surface area (Å²) in [6.07, 6.45) is -4.21. The van der Waals surface area contributed by atoms with Crippen LogP contribution in [0.5, 0.6) is 5.75 Å². The van der Waals surface area contributed by atoms with Gasteiger partial charge in [-0.15, -0.1) is 0 Å². The van der Waals surface area contributed by atoms with Gasteiger partial charge in [0.15, 0.2) is 0 Å². The number of halogens is 5. The molecule has 0 bridgehead atoms. The van der Waals surface area contributed by atoms with Crippen LogP contribution in [0.15, 0.2) is 30.3 Å². The molecule has 1 nitrogen and oxygen atoms in total. The number of hydrogen-bond acceptors (Lipinski definition) is 1. The number of hydrogen-bond donors (Lipinski definition) is 0. The molecule has 1 aliphatic heterocycles. The molecule has 2 aromatic rings. The van der Waals surface area contributed by atoms with Crippen molar-refractivity contribution in [1.29, 1.82) is 0 Å². The molecular formula is C15H9F5O. The van der Waals surface area contributed by atoms with Crippen molar-refractivity contribution in [2.45, 2.75) is 12.6 Å². The van der Waals surface area contributed by atoms with E-state index in [4.69, 9.17) is 4.74 Å². The zero-order valence-corrected chi connectivity index (χ0v) is 10.6. The molecule has 2 aromatic carbocycles. The third-order valence-electron chi connectivity index (χ3n) is 3.33. The van der Waals surface area contributed by atoms with E-state index in [1.807, 2.05) is 0 Å². The van der Waals surface area contributed by atoms with Crippen LogP contribution in [-0.4, -0.2) is 6.61 Å². The molecule has 0 saturated heterocycles. The van der Waals surface area contributed by atoms with Gasteiger partial charge in [0.2, 0.25) is 0 Å². The Morgan fingerprint density at radius 2 is 1.71 bits per heavy atom. The van der Waals surface area contributed by atoms with Crippen LogP contribution in [0.4, 0.5) is 22.0 Å². The predicted molar refractivity (Wildman–Crippen MR) is 66.0 cm³/mol. The Morgan fingerprint density at radius 1 is 0.952 bits per heavy atom. The summed E-state index contributed by atoms with van der Waals surface area (Å²) in [7, 11) is 0. The molecule has 0 amide bonds. The summed E-state index contributed by atoms with van der Waals surface area (Å²) in [5.74, 6) is -1.48. The number of benzene rings is 2. The molecule has 0 atom stereocenters. The summed E-state index contributed by atoms with van der Waals surface area (Å²) in [5.41, 5.74) is -0.607. The van der Waals surface area contributed by atoms with Gasteiger partial charge in [0.1, 0.15) is 17.4 Å². The van der Waals surface area contributed by atoms with Crippen LogP contribution in [-0.2, 0) is 12.6 Å². The number of ether oxygens (including phenoxy) is 1. The maximum Gasteiger partial charge on any atom is 0.416 e. The minimum atomic E-state index is -4.54. The largest absolute Gasteiger partial charge is 0.492 e. The van der Waals surface area contributed by atoms with E-state index in [9.17, 15) is 22.0 Å². The average Bonchev–Trinajstić information content (AvgIpc) is 2.85. The van der Waals surface area contributed by atoms with E-state index in [1.54, 1.807) is 0 Å². The normalized spacial score (nSPS) is 14.0. The Bertz CT molecular complexity index is 706. The zero-order chi connectivity index (χ0) is 15.2. The summed E-state index contributed by atoms with van der Waals surface area (Å²) in [6, 6.07) is 4.59. The minimum absolute atomic E-state index is 0.00479. The van der Waals surface area contributed by atoms with Gasteiger partial charge in [-0.25, -0.2) is 8.78 Å². The molecule has 0 radical (unpaired) electrons. The van der Waals surface area contributed by atoms with Crippen molar-refractivity contribution in [2.24, 2.45) is 0 Å². The van der Waals surface area contributed by atoms with Crippen molar-refractivity contribution in [3.05, 3.63) is 53.1 Å². The molecule has 0 N–H and O–H groups in total. The maximum atomic E-state index is 13.9. The molecule has 6 heteroatoms. The molecule has 0 saturated carbocycles. The predicted octanol–water partition coefficient (Wildman–Crippen LogP) is 4.59. The third-order valence-corrected chi connectivity index (χ3v) is 3.33. The Labute approximate surface area is 117 Å². The fourth-order valence-corrected chi connectivity index (χ4v) is 2.38. The molecule has 0 aromatic heterocycles. The number of rotatable bonds is 1. The van der Waals surface area contributed by atoms with E-state index in [-0.39, 0.29) is 23.5 Å². The van der Waals surface area contributed by atoms with Gasteiger partial charge in [0.05, 0.1) is 12.2 Å². The van der Waals surface area contributed by atoms with Crippen molar-refractivity contribution in [3.8, 4) is 16.9 Å². The second-order valence-electron chi connectivity index (χ2n) is 4.73. The lowest BCUT2D eigenvalue weighted by Crippen LogP contribution is -2.06. The van der Waals surface area contributed by atoms with Crippen LogP contribution in [0.25, 0.3) is 11.1 Å². The smallest absolute Gasteiger partial charge is 0.416 e. The fourth-order valence-electron chi connectivity index (χ4n) is 2.38. The van der Waals surface area contributed by atoms with E-state index in [0.29, 0.717) is 18.1 Å². The Hall–Kier alpha value is -2.11. The van der Waals surface area contributed by atoms with Crippen LogP contribution in [0.1, 0.15) is 11.1 Å². The monoisotopic (exact) mass is 300 g/mol. The zero-order valence-electron chi connectivity index (χ0n) is 10.6. The average molecular weight is 300 g/mol. The maximum absolute atomic E-state index is 13.9. The standard InChI is InChI=1S/C15H9F5O/c16-10-1-2-11(13(17)7-10)12-6-9(15(18,19)20)5-8-3-4-21-14(8)12/h1-2,5-7H,3-4H2. The van der Waals surface area contributed by atoms with Gasteiger partial charge in [-0.1, -0.05) is 0 Å². The lowest BCUT2D eigenvalue weighted by Gasteiger charge is -2.14. The van der Waals surface area contributed by atoms with E-state index < -0.39 is 23.4 Å². The summed E-state index contributed by atoms with van der Waals surface area (Å²) < 4.78 is 70.9. The molecular weight excluding hydrogens is 291 g/mol. The third kappa shape index (κ3) is 2.46. The van der Waals surface area contributed by atoms with Crippen molar-refractivity contribution >= 4 is 0 Å². The molecule has 1 heterocycles. The lowest BCUT2D eigenvalue weighted by atomic mass is 9.97. The molecule has 3 rings (SSSR count). The highest BCUT2D eigenvalue weighted by Gasteiger charge is 2.34. The molecule has 0 aliphatic carbocycles. The van der Waals surface area contributed by atoms with Crippen LogP contribution >= 0.6 is 0 Å². The first-order valence-corrected chi connectivity index (χ1v) is 6.18. The molecule has 1 aliphatic rings. The van der Waals surface area contributed by atoms with Gasteiger partial charge in [-0.2, -0.15) is 13.2 Å². The van der Waals surface area contributed by atoms with Crippen molar-refractivity contribution in [3.63, 3.8) is 0 Å². The highest BCUT2D eigenvalue weighted by molar-refractivity contribution is 5.74. The molecule has 21 heavy (non-hydrogen) atoms. The minimum Gasteiger partial charge on any atom is -0.492 e. The van der Waals surface area contributed by atoms with Crippen molar-refractivity contribution in [2.75, 3.05) is 6.61 Å². The topological polar surface area (TPSA) is 9.23 Å². The van der Waals surface area contributed by atoms with Crippen LogP contribution < -0.4 is 4.74 Å². The van der Waals surface area contributed by atoms with E-state index in [0.717, 1.165) is 24.3 Å². The van der Waals surface area contributed by atoms with E-state index >= 15 is 0 Å². The van der Waals surface area contributed by atoms with Crippen LogP contribution in [0.2, 0.25) is 0 Å². The molecule has 0 spiro atoms. The van der Waals surface area contributed by atoms with Gasteiger partial charge in [0, 0.05) is 23.6 Å². The SMILES string of the molecule is Fc1ccc(-c2cc(C(F)(F)F)cc3c2OCC3)c(F)c1. The second kappa shape index (κ2) is 4.72. The van der Waals surface area contributed by atoms with Gasteiger partial charge >= 0.3 is 6.18 Å². The molecule has 0 unspecified atom stereocenters. The lowest BCUT2D eigenvalue weighted by molar-refractivity contribution is -0.137. The van der Waals surface area contributed by atoms with Crippen LogP contribution in [0.3, 0.4) is 0 Å². The summed E-state index contributed by atoms with van der Waals surface area (Å²) in [5, 5.41) is 0. The van der Waals surface area contributed by atoms with Crippen LogP contribution in [0, 0.1) is 11.6 Å². The first-order valence-electron chi connectivity index (χ1n) is 6.18. The van der Waals surface area contributed by atoms with Gasteiger partial charge < -0.3 is 4.74 Å². The first kappa shape index (κ1) is 13.9. The fraction of sp³-hybridized carbons (Fsp3) is 0.200.